The normalized spacial score (nSPS) is 15.1. The molecule has 1 aliphatic rings. The second-order valence-corrected chi connectivity index (χ2v) is 7.48. The SMILES string of the molecule is O=C(/C(=N/O)Nc1ccc(F)c(Br)c1)C1CCN(C(=O)Nc2ccccc2)CC1. The highest BCUT2D eigenvalue weighted by molar-refractivity contribution is 9.10. The number of Topliss-reactive ketones (excluding diaryl/α,β-unsaturated/α-hetero) is 1. The molecule has 0 atom stereocenters. The number of rotatable bonds is 4. The summed E-state index contributed by atoms with van der Waals surface area (Å²) in [6.45, 7) is 0.825. The molecule has 1 aliphatic heterocycles. The third-order valence-electron chi connectivity index (χ3n) is 4.69. The third-order valence-corrected chi connectivity index (χ3v) is 5.30. The lowest BCUT2D eigenvalue weighted by Gasteiger charge is -2.31. The van der Waals surface area contributed by atoms with E-state index in [4.69, 9.17) is 0 Å². The number of piperidine rings is 1. The maximum absolute atomic E-state index is 13.3. The van der Waals surface area contributed by atoms with Gasteiger partial charge in [-0.2, -0.15) is 0 Å². The number of amides is 2. The zero-order valence-corrected chi connectivity index (χ0v) is 17.0. The van der Waals surface area contributed by atoms with E-state index >= 15 is 0 Å². The van der Waals surface area contributed by atoms with Crippen LogP contribution in [0.2, 0.25) is 0 Å². The van der Waals surface area contributed by atoms with Crippen molar-refractivity contribution >= 4 is 45.0 Å². The molecule has 0 bridgehead atoms. The van der Waals surface area contributed by atoms with Gasteiger partial charge in [-0.25, -0.2) is 9.18 Å². The van der Waals surface area contributed by atoms with Crippen molar-refractivity contribution < 1.29 is 19.2 Å². The average Bonchev–Trinajstić information content (AvgIpc) is 2.75. The first-order valence-electron chi connectivity index (χ1n) is 9.07. The van der Waals surface area contributed by atoms with Crippen LogP contribution in [0.4, 0.5) is 20.6 Å². The van der Waals surface area contributed by atoms with Crippen molar-refractivity contribution in [1.29, 1.82) is 0 Å². The average molecular weight is 463 g/mol. The first-order chi connectivity index (χ1) is 14.0. The fourth-order valence-corrected chi connectivity index (χ4v) is 3.49. The topological polar surface area (TPSA) is 94.0 Å². The number of nitrogens with zero attached hydrogens (tertiary/aromatic N) is 2. The molecule has 0 saturated carbocycles. The van der Waals surface area contributed by atoms with E-state index in [9.17, 15) is 19.2 Å². The highest BCUT2D eigenvalue weighted by Crippen LogP contribution is 2.23. The van der Waals surface area contributed by atoms with Crippen molar-refractivity contribution in [3.8, 4) is 0 Å². The van der Waals surface area contributed by atoms with Gasteiger partial charge in [-0.1, -0.05) is 23.4 Å². The summed E-state index contributed by atoms with van der Waals surface area (Å²) in [6, 6.07) is 13.1. The molecule has 3 N–H and O–H groups in total. The molecule has 0 radical (unpaired) electrons. The van der Waals surface area contributed by atoms with E-state index in [1.54, 1.807) is 17.0 Å². The number of carbonyl (C=O) groups excluding carboxylic acids is 2. The van der Waals surface area contributed by atoms with Gasteiger partial charge in [0.25, 0.3) is 0 Å². The molecule has 2 aromatic carbocycles. The number of oxime groups is 1. The maximum atomic E-state index is 13.3. The molecule has 0 unspecified atom stereocenters. The van der Waals surface area contributed by atoms with Crippen LogP contribution in [0.15, 0.2) is 58.2 Å². The van der Waals surface area contributed by atoms with Gasteiger partial charge in [-0.15, -0.1) is 0 Å². The van der Waals surface area contributed by atoms with E-state index in [0.717, 1.165) is 0 Å². The fourth-order valence-electron chi connectivity index (χ4n) is 3.11. The third kappa shape index (κ3) is 5.32. The second-order valence-electron chi connectivity index (χ2n) is 6.62. The highest BCUT2D eigenvalue weighted by atomic mass is 79.9. The Morgan fingerprint density at radius 2 is 1.76 bits per heavy atom. The highest BCUT2D eigenvalue weighted by Gasteiger charge is 2.30. The van der Waals surface area contributed by atoms with Gasteiger partial charge in [-0.3, -0.25) is 4.79 Å². The number of amidine groups is 1. The van der Waals surface area contributed by atoms with Crippen LogP contribution in [0.25, 0.3) is 0 Å². The van der Waals surface area contributed by atoms with Crippen molar-refractivity contribution in [3.63, 3.8) is 0 Å². The maximum Gasteiger partial charge on any atom is 0.321 e. The van der Waals surface area contributed by atoms with Gasteiger partial charge in [0, 0.05) is 30.4 Å². The summed E-state index contributed by atoms with van der Waals surface area (Å²) in [4.78, 5) is 26.7. The fraction of sp³-hybridized carbons (Fsp3) is 0.250. The number of para-hydroxylation sites is 1. The van der Waals surface area contributed by atoms with Gasteiger partial charge in [0.05, 0.1) is 4.47 Å². The summed E-state index contributed by atoms with van der Waals surface area (Å²) >= 11 is 3.07. The first kappa shape index (κ1) is 20.8. The summed E-state index contributed by atoms with van der Waals surface area (Å²) in [7, 11) is 0. The monoisotopic (exact) mass is 462 g/mol. The Labute approximate surface area is 175 Å². The summed E-state index contributed by atoms with van der Waals surface area (Å²) in [6.07, 6.45) is 0.906. The number of nitrogens with one attached hydrogen (secondary N) is 2. The minimum atomic E-state index is -0.439. The predicted molar refractivity (Wildman–Crippen MR) is 112 cm³/mol. The van der Waals surface area contributed by atoms with E-state index in [0.29, 0.717) is 37.3 Å². The first-order valence-corrected chi connectivity index (χ1v) is 9.86. The lowest BCUT2D eigenvalue weighted by Crippen LogP contribution is -2.44. The Morgan fingerprint density at radius 1 is 1.07 bits per heavy atom. The van der Waals surface area contributed by atoms with Gasteiger partial charge in [-0.05, 0) is 59.1 Å². The van der Waals surface area contributed by atoms with E-state index in [1.807, 2.05) is 18.2 Å². The Kier molecular flexibility index (Phi) is 6.82. The van der Waals surface area contributed by atoms with E-state index < -0.39 is 5.82 Å². The number of carbonyl (C=O) groups is 2. The van der Waals surface area contributed by atoms with Crippen LogP contribution < -0.4 is 10.6 Å². The molecule has 1 saturated heterocycles. The molecule has 2 amide bonds. The number of ketones is 1. The molecule has 152 valence electrons. The standard InChI is InChI=1S/C20H20BrFN4O3/c21-16-12-15(6-7-17(16)22)23-19(25-29)18(27)13-8-10-26(11-9-13)20(28)24-14-4-2-1-3-5-14/h1-7,12-13,29H,8-11H2,(H,23,25)(H,24,28). The summed E-state index contributed by atoms with van der Waals surface area (Å²) < 4.78 is 13.6. The lowest BCUT2D eigenvalue weighted by atomic mass is 9.92. The molecule has 0 aromatic heterocycles. The number of anilines is 2. The molecule has 1 fully saturated rings. The quantitative estimate of drug-likeness (QED) is 0.273. The molecule has 29 heavy (non-hydrogen) atoms. The molecule has 3 rings (SSSR count). The largest absolute Gasteiger partial charge is 0.409 e. The number of hydrogen-bond donors (Lipinski definition) is 3. The van der Waals surface area contributed by atoms with Crippen molar-refractivity contribution in [2.45, 2.75) is 12.8 Å². The van der Waals surface area contributed by atoms with E-state index in [1.165, 1.54) is 18.2 Å². The minimum absolute atomic E-state index is 0.212. The smallest absolute Gasteiger partial charge is 0.321 e. The Balaban J connectivity index is 1.55. The molecule has 1 heterocycles. The van der Waals surface area contributed by atoms with Gasteiger partial charge in [0.15, 0.2) is 0 Å². The molecule has 0 spiro atoms. The molecule has 7 nitrogen and oxygen atoms in total. The van der Waals surface area contributed by atoms with Crippen LogP contribution in [0, 0.1) is 11.7 Å². The molecular formula is C20H20BrFN4O3. The van der Waals surface area contributed by atoms with Crippen LogP contribution in [0.3, 0.4) is 0 Å². The van der Waals surface area contributed by atoms with Crippen LogP contribution in [-0.2, 0) is 4.79 Å². The van der Waals surface area contributed by atoms with Crippen LogP contribution in [0.1, 0.15) is 12.8 Å². The Bertz CT molecular complexity index is 915. The van der Waals surface area contributed by atoms with E-state index in [-0.39, 0.29) is 28.0 Å². The summed E-state index contributed by atoms with van der Waals surface area (Å²) in [5.41, 5.74) is 1.12. The van der Waals surface area contributed by atoms with Gasteiger partial charge in [0.1, 0.15) is 5.82 Å². The van der Waals surface area contributed by atoms with Crippen LogP contribution in [0.5, 0.6) is 0 Å². The Morgan fingerprint density at radius 3 is 2.38 bits per heavy atom. The van der Waals surface area contributed by atoms with Crippen molar-refractivity contribution in [2.75, 3.05) is 23.7 Å². The Hall–Kier alpha value is -2.94. The summed E-state index contributed by atoms with van der Waals surface area (Å²) in [5, 5.41) is 17.9. The number of urea groups is 1. The van der Waals surface area contributed by atoms with Crippen molar-refractivity contribution in [1.82, 2.24) is 4.90 Å². The zero-order valence-electron chi connectivity index (χ0n) is 15.4. The molecule has 0 aliphatic carbocycles. The predicted octanol–water partition coefficient (Wildman–Crippen LogP) is 4.30. The van der Waals surface area contributed by atoms with Crippen molar-refractivity contribution in [3.05, 3.63) is 58.8 Å². The van der Waals surface area contributed by atoms with Gasteiger partial charge >= 0.3 is 6.03 Å². The lowest BCUT2D eigenvalue weighted by molar-refractivity contribution is -0.117. The van der Waals surface area contributed by atoms with Crippen LogP contribution in [-0.4, -0.2) is 40.8 Å². The van der Waals surface area contributed by atoms with Gasteiger partial charge in [0.2, 0.25) is 11.6 Å². The number of benzene rings is 2. The number of halogens is 2. The minimum Gasteiger partial charge on any atom is -0.409 e. The second kappa shape index (κ2) is 9.51. The van der Waals surface area contributed by atoms with Crippen LogP contribution >= 0.6 is 15.9 Å². The number of hydrogen-bond acceptors (Lipinski definition) is 4. The van der Waals surface area contributed by atoms with E-state index in [2.05, 4.69) is 31.7 Å². The molecule has 2 aromatic rings. The number of likely N-dealkylation sites (tertiary alicyclic amines) is 1. The molecular weight excluding hydrogens is 443 g/mol. The zero-order chi connectivity index (χ0) is 20.8. The molecule has 9 heteroatoms. The summed E-state index contributed by atoms with van der Waals surface area (Å²) in [5.74, 6) is -1.38. The van der Waals surface area contributed by atoms with Crippen molar-refractivity contribution in [2.24, 2.45) is 11.1 Å². The van der Waals surface area contributed by atoms with Gasteiger partial charge < -0.3 is 20.7 Å².